The molecule has 2 aromatic heterocycles. The number of hydrogen-bond acceptors (Lipinski definition) is 3. The zero-order chi connectivity index (χ0) is 20.7. The van der Waals surface area contributed by atoms with Gasteiger partial charge in [-0.2, -0.15) is 0 Å². The van der Waals surface area contributed by atoms with Gasteiger partial charge in [0, 0.05) is 22.6 Å². The lowest BCUT2D eigenvalue weighted by molar-refractivity contribution is -0.113. The van der Waals surface area contributed by atoms with Crippen molar-refractivity contribution in [3.05, 3.63) is 81.9 Å². The lowest BCUT2D eigenvalue weighted by Gasteiger charge is -2.11. The van der Waals surface area contributed by atoms with Crippen molar-refractivity contribution in [2.24, 2.45) is 0 Å². The minimum Gasteiger partial charge on any atom is -0.303 e. The van der Waals surface area contributed by atoms with E-state index in [9.17, 15) is 9.59 Å². The number of carbonyl (C=O) groups is 2. The first-order chi connectivity index (χ1) is 13.8. The van der Waals surface area contributed by atoms with Gasteiger partial charge in [0.05, 0.1) is 5.69 Å². The molecule has 1 aliphatic heterocycles. The second kappa shape index (κ2) is 7.22. The summed E-state index contributed by atoms with van der Waals surface area (Å²) in [5.74, 6) is 0.383. The smallest absolute Gasteiger partial charge is 0.303 e. The van der Waals surface area contributed by atoms with Gasteiger partial charge in [0.25, 0.3) is 5.91 Å². The molecule has 0 atom stereocenters. The van der Waals surface area contributed by atoms with Crippen LogP contribution in [0.3, 0.4) is 0 Å². The number of nitrogens with zero attached hydrogens (tertiary/aromatic N) is 3. The van der Waals surface area contributed by atoms with Crippen molar-refractivity contribution in [3.8, 4) is 5.82 Å². The van der Waals surface area contributed by atoms with Gasteiger partial charge in [0.1, 0.15) is 11.5 Å². The van der Waals surface area contributed by atoms with E-state index >= 15 is 0 Å². The molecule has 0 saturated carbocycles. The lowest BCUT2D eigenvalue weighted by atomic mass is 10.2. The van der Waals surface area contributed by atoms with E-state index in [0.717, 1.165) is 33.2 Å². The molecular weight excluding hydrogens is 388 g/mol. The van der Waals surface area contributed by atoms with Gasteiger partial charge in [0.15, 0.2) is 0 Å². The molecule has 4 rings (SSSR count). The number of hydrogen-bond donors (Lipinski definition) is 1. The van der Waals surface area contributed by atoms with Gasteiger partial charge in [-0.25, -0.2) is 14.7 Å². The number of amides is 3. The Morgan fingerprint density at radius 3 is 2.55 bits per heavy atom. The molecule has 1 N–H and O–H groups in total. The van der Waals surface area contributed by atoms with Gasteiger partial charge in [-0.05, 0) is 68.3 Å². The van der Waals surface area contributed by atoms with E-state index in [0.29, 0.717) is 10.7 Å². The lowest BCUT2D eigenvalue weighted by Crippen LogP contribution is -2.30. The summed E-state index contributed by atoms with van der Waals surface area (Å²) < 4.78 is 2.02. The number of rotatable bonds is 3. The number of urea groups is 1. The SMILES string of the molecule is Cc1ccc(-n2c(C)cc(/C=C3\NC(=O)N(c4cccc(Cl)c4)C3=O)c2C)nc1. The van der Waals surface area contributed by atoms with Crippen LogP contribution in [0, 0.1) is 20.8 Å². The fraction of sp³-hybridized carbons (Fsp3) is 0.136. The summed E-state index contributed by atoms with van der Waals surface area (Å²) in [5.41, 5.74) is 4.47. The highest BCUT2D eigenvalue weighted by molar-refractivity contribution is 6.32. The molecule has 0 spiro atoms. The molecule has 146 valence electrons. The molecule has 1 aromatic carbocycles. The van der Waals surface area contributed by atoms with Gasteiger partial charge in [-0.3, -0.25) is 4.79 Å². The van der Waals surface area contributed by atoms with Gasteiger partial charge in [0.2, 0.25) is 0 Å². The topological polar surface area (TPSA) is 67.2 Å². The van der Waals surface area contributed by atoms with Gasteiger partial charge < -0.3 is 9.88 Å². The fourth-order valence-corrected chi connectivity index (χ4v) is 3.60. The minimum absolute atomic E-state index is 0.215. The van der Waals surface area contributed by atoms with Crippen LogP contribution in [0.2, 0.25) is 5.02 Å². The van der Waals surface area contributed by atoms with Gasteiger partial charge in [-0.15, -0.1) is 0 Å². The van der Waals surface area contributed by atoms with E-state index in [1.54, 1.807) is 30.3 Å². The number of anilines is 1. The van der Waals surface area contributed by atoms with Crippen LogP contribution in [0.5, 0.6) is 0 Å². The van der Waals surface area contributed by atoms with Crippen LogP contribution in [0.15, 0.2) is 54.4 Å². The average Bonchev–Trinajstić information content (AvgIpc) is 3.11. The zero-order valence-corrected chi connectivity index (χ0v) is 17.0. The first-order valence-electron chi connectivity index (χ1n) is 9.10. The predicted molar refractivity (Wildman–Crippen MR) is 113 cm³/mol. The Balaban J connectivity index is 1.70. The Labute approximate surface area is 173 Å². The predicted octanol–water partition coefficient (Wildman–Crippen LogP) is 4.55. The number of imide groups is 1. The Morgan fingerprint density at radius 1 is 1.07 bits per heavy atom. The first kappa shape index (κ1) is 19.0. The number of halogens is 1. The normalized spacial score (nSPS) is 15.3. The largest absolute Gasteiger partial charge is 0.333 e. The summed E-state index contributed by atoms with van der Waals surface area (Å²) in [6.07, 6.45) is 3.51. The summed E-state index contributed by atoms with van der Waals surface area (Å²) in [6, 6.07) is 12.1. The molecular formula is C22H19ClN4O2. The Hall–Kier alpha value is -3.38. The average molecular weight is 407 g/mol. The van der Waals surface area contributed by atoms with Crippen LogP contribution >= 0.6 is 11.6 Å². The molecule has 7 heteroatoms. The Kier molecular flexibility index (Phi) is 4.72. The molecule has 3 heterocycles. The van der Waals surface area contributed by atoms with Crippen molar-refractivity contribution < 1.29 is 9.59 Å². The van der Waals surface area contributed by atoms with Crippen molar-refractivity contribution >= 4 is 35.3 Å². The summed E-state index contributed by atoms with van der Waals surface area (Å²) in [6.45, 7) is 5.92. The van der Waals surface area contributed by atoms with Crippen LogP contribution in [-0.2, 0) is 4.79 Å². The second-order valence-corrected chi connectivity index (χ2v) is 7.40. The number of benzene rings is 1. The molecule has 6 nitrogen and oxygen atoms in total. The van der Waals surface area contributed by atoms with Crippen molar-refractivity contribution in [2.75, 3.05) is 4.90 Å². The molecule has 3 amide bonds. The maximum absolute atomic E-state index is 12.9. The quantitative estimate of drug-likeness (QED) is 0.512. The third-order valence-corrected chi connectivity index (χ3v) is 5.07. The standard InChI is InChI=1S/C22H19ClN4O2/c1-13-7-8-20(24-12-13)26-14(2)9-16(15(26)3)10-19-21(28)27(22(29)25-19)18-6-4-5-17(23)11-18/h4-12H,1-3H3,(H,25,29)/b19-10-. The van der Waals surface area contributed by atoms with Crippen LogP contribution < -0.4 is 10.2 Å². The van der Waals surface area contributed by atoms with Gasteiger partial charge in [-0.1, -0.05) is 23.7 Å². The Bertz CT molecular complexity index is 1160. The molecule has 0 radical (unpaired) electrons. The number of nitrogens with one attached hydrogen (secondary N) is 1. The number of carbonyl (C=O) groups excluding carboxylic acids is 2. The molecule has 1 saturated heterocycles. The maximum atomic E-state index is 12.9. The summed E-state index contributed by atoms with van der Waals surface area (Å²) >= 11 is 6.00. The third kappa shape index (κ3) is 3.43. The van der Waals surface area contributed by atoms with Crippen molar-refractivity contribution in [1.82, 2.24) is 14.9 Å². The maximum Gasteiger partial charge on any atom is 0.333 e. The summed E-state index contributed by atoms with van der Waals surface area (Å²) in [5, 5.41) is 3.11. The minimum atomic E-state index is -0.502. The first-order valence-corrected chi connectivity index (χ1v) is 9.47. The van der Waals surface area contributed by atoms with Gasteiger partial charge >= 0.3 is 6.03 Å². The van der Waals surface area contributed by atoms with Crippen LogP contribution in [0.25, 0.3) is 11.9 Å². The third-order valence-electron chi connectivity index (χ3n) is 4.84. The highest BCUT2D eigenvalue weighted by atomic mass is 35.5. The second-order valence-electron chi connectivity index (χ2n) is 6.96. The van der Waals surface area contributed by atoms with Crippen LogP contribution in [0.1, 0.15) is 22.5 Å². The van der Waals surface area contributed by atoms with Crippen molar-refractivity contribution in [2.45, 2.75) is 20.8 Å². The van der Waals surface area contributed by atoms with E-state index in [2.05, 4.69) is 10.3 Å². The van der Waals surface area contributed by atoms with Crippen LogP contribution in [0.4, 0.5) is 10.5 Å². The molecule has 29 heavy (non-hydrogen) atoms. The fourth-order valence-electron chi connectivity index (χ4n) is 3.42. The number of aryl methyl sites for hydroxylation is 2. The van der Waals surface area contributed by atoms with E-state index in [-0.39, 0.29) is 5.70 Å². The number of pyridine rings is 1. The van der Waals surface area contributed by atoms with E-state index in [4.69, 9.17) is 11.6 Å². The van der Waals surface area contributed by atoms with Crippen molar-refractivity contribution in [3.63, 3.8) is 0 Å². The summed E-state index contributed by atoms with van der Waals surface area (Å²) in [4.78, 5) is 30.8. The molecule has 1 aliphatic rings. The van der Waals surface area contributed by atoms with E-state index in [1.807, 2.05) is 49.7 Å². The Morgan fingerprint density at radius 2 is 1.86 bits per heavy atom. The summed E-state index contributed by atoms with van der Waals surface area (Å²) in [7, 11) is 0. The highest BCUT2D eigenvalue weighted by Gasteiger charge is 2.35. The number of aromatic nitrogens is 2. The monoisotopic (exact) mass is 406 g/mol. The van der Waals surface area contributed by atoms with E-state index in [1.165, 1.54) is 0 Å². The molecule has 0 unspecified atom stereocenters. The zero-order valence-electron chi connectivity index (χ0n) is 16.2. The van der Waals surface area contributed by atoms with Crippen molar-refractivity contribution in [1.29, 1.82) is 0 Å². The molecule has 0 bridgehead atoms. The molecule has 0 aliphatic carbocycles. The molecule has 3 aromatic rings. The highest BCUT2D eigenvalue weighted by Crippen LogP contribution is 2.27. The molecule has 1 fully saturated rings. The van der Waals surface area contributed by atoms with E-state index < -0.39 is 11.9 Å². The van der Waals surface area contributed by atoms with Crippen LogP contribution in [-0.4, -0.2) is 21.5 Å².